The van der Waals surface area contributed by atoms with Crippen molar-refractivity contribution in [1.82, 2.24) is 9.97 Å². The summed E-state index contributed by atoms with van der Waals surface area (Å²) in [5.41, 5.74) is 5.50. The topological polar surface area (TPSA) is 113 Å². The zero-order valence-corrected chi connectivity index (χ0v) is 14.0. The second kappa shape index (κ2) is 6.70. The fourth-order valence-corrected chi connectivity index (χ4v) is 3.31. The van der Waals surface area contributed by atoms with Gasteiger partial charge in [-0.1, -0.05) is 6.92 Å². The summed E-state index contributed by atoms with van der Waals surface area (Å²) < 4.78 is 25.9. The van der Waals surface area contributed by atoms with E-state index in [1.54, 1.807) is 0 Å². The molecule has 9 heteroatoms. The van der Waals surface area contributed by atoms with Crippen molar-refractivity contribution in [3.8, 4) is 0 Å². The Hall–Kier alpha value is -2.03. The molecule has 0 radical (unpaired) electrons. The monoisotopic (exact) mass is 355 g/mol. The normalized spacial score (nSPS) is 28.9. The first-order valence-corrected chi connectivity index (χ1v) is 8.49. The van der Waals surface area contributed by atoms with Gasteiger partial charge in [0.2, 0.25) is 5.95 Å². The number of amides is 1. The zero-order chi connectivity index (χ0) is 18.2. The van der Waals surface area contributed by atoms with Gasteiger partial charge in [-0.05, 0) is 25.2 Å². The van der Waals surface area contributed by atoms with E-state index in [4.69, 9.17) is 5.73 Å². The molecule has 138 valence electrons. The number of halogens is 2. The molecule has 2 fully saturated rings. The molecule has 2 saturated carbocycles. The van der Waals surface area contributed by atoms with Crippen LogP contribution < -0.4 is 16.4 Å². The molecule has 2 aliphatic carbocycles. The number of alkyl halides is 2. The van der Waals surface area contributed by atoms with Crippen LogP contribution >= 0.6 is 0 Å². The molecule has 0 aliphatic heterocycles. The van der Waals surface area contributed by atoms with Gasteiger partial charge in [0, 0.05) is 31.1 Å². The lowest BCUT2D eigenvalue weighted by atomic mass is 9.85. The molecule has 0 bridgehead atoms. The summed E-state index contributed by atoms with van der Waals surface area (Å²) >= 11 is 0. The molecule has 25 heavy (non-hydrogen) atoms. The number of rotatable bonds is 5. The van der Waals surface area contributed by atoms with Crippen molar-refractivity contribution in [1.29, 1.82) is 0 Å². The number of primary amides is 1. The molecular formula is C16H23F2N5O2. The summed E-state index contributed by atoms with van der Waals surface area (Å²) in [5, 5.41) is 16.0. The predicted molar refractivity (Wildman–Crippen MR) is 88.6 cm³/mol. The smallest absolute Gasteiger partial charge is 0.254 e. The molecule has 3 atom stereocenters. The van der Waals surface area contributed by atoms with Crippen molar-refractivity contribution >= 4 is 17.7 Å². The lowest BCUT2D eigenvalue weighted by Gasteiger charge is -2.35. The Kier molecular flexibility index (Phi) is 4.77. The largest absolute Gasteiger partial charge is 0.393 e. The van der Waals surface area contributed by atoms with Crippen LogP contribution in [0.5, 0.6) is 0 Å². The number of carbonyl (C=O) groups excluding carboxylic acids is 1. The van der Waals surface area contributed by atoms with Gasteiger partial charge < -0.3 is 21.5 Å². The maximum Gasteiger partial charge on any atom is 0.254 e. The van der Waals surface area contributed by atoms with Gasteiger partial charge in [0.15, 0.2) is 0 Å². The van der Waals surface area contributed by atoms with Crippen molar-refractivity contribution in [2.75, 3.05) is 10.6 Å². The van der Waals surface area contributed by atoms with Crippen molar-refractivity contribution in [3.05, 3.63) is 11.8 Å². The van der Waals surface area contributed by atoms with Crippen LogP contribution in [0.3, 0.4) is 0 Å². The molecule has 0 spiro atoms. The molecule has 0 aromatic carbocycles. The zero-order valence-electron chi connectivity index (χ0n) is 14.0. The van der Waals surface area contributed by atoms with Crippen molar-refractivity contribution < 1.29 is 18.7 Å². The minimum Gasteiger partial charge on any atom is -0.393 e. The summed E-state index contributed by atoms with van der Waals surface area (Å²) in [7, 11) is 0. The summed E-state index contributed by atoms with van der Waals surface area (Å²) in [6, 6.07) is -0.431. The fraction of sp³-hybridized carbons (Fsp3) is 0.688. The van der Waals surface area contributed by atoms with Gasteiger partial charge in [0.1, 0.15) is 5.82 Å². The Bertz CT molecular complexity index is 649. The van der Waals surface area contributed by atoms with Crippen molar-refractivity contribution in [2.24, 2.45) is 11.7 Å². The molecule has 2 aliphatic rings. The maximum atomic E-state index is 12.9. The summed E-state index contributed by atoms with van der Waals surface area (Å²) in [5.74, 6) is -2.63. The Morgan fingerprint density at radius 2 is 2.04 bits per heavy atom. The molecule has 0 unspecified atom stereocenters. The first kappa shape index (κ1) is 17.8. The molecule has 0 saturated heterocycles. The highest BCUT2D eigenvalue weighted by Gasteiger charge is 2.45. The third-order valence-electron chi connectivity index (χ3n) is 4.97. The fourth-order valence-electron chi connectivity index (χ4n) is 3.31. The van der Waals surface area contributed by atoms with Gasteiger partial charge in [0.25, 0.3) is 11.8 Å². The molecule has 1 heterocycles. The second-order valence-electron chi connectivity index (χ2n) is 7.12. The number of nitrogens with zero attached hydrogens (tertiary/aromatic N) is 2. The number of aliphatic hydroxyl groups excluding tert-OH is 1. The second-order valence-corrected chi connectivity index (χ2v) is 7.12. The predicted octanol–water partition coefficient (Wildman–Crippen LogP) is 1.75. The summed E-state index contributed by atoms with van der Waals surface area (Å²) in [6.07, 6.45) is 2.59. The Balaban J connectivity index is 1.71. The number of aromatic nitrogens is 2. The number of nitrogens with two attached hydrogens (primary N) is 1. The first-order valence-electron chi connectivity index (χ1n) is 8.49. The third kappa shape index (κ3) is 4.15. The molecule has 1 amide bonds. The summed E-state index contributed by atoms with van der Waals surface area (Å²) in [4.78, 5) is 19.8. The Labute approximate surface area is 144 Å². The van der Waals surface area contributed by atoms with Crippen molar-refractivity contribution in [3.63, 3.8) is 0 Å². The standard InChI is InChI=1S/C16H23F2N5O2/c1-8-2-3-9(4-12(8)24)21-14-11(13(19)25)7-20-15(23-14)22-10-5-16(17,18)6-10/h7-10,12,24H,2-6H2,1H3,(H2,19,25)(H2,20,21,22,23)/t8-,9-,12-/m1/s1. The van der Waals surface area contributed by atoms with Crippen LogP contribution in [0.25, 0.3) is 0 Å². The Morgan fingerprint density at radius 3 is 2.64 bits per heavy atom. The number of anilines is 2. The SMILES string of the molecule is C[C@@H]1CC[C@@H](Nc2nc(NC3CC(F)(F)C3)ncc2C(N)=O)C[C@H]1O. The van der Waals surface area contributed by atoms with Crippen LogP contribution in [0.1, 0.15) is 49.4 Å². The third-order valence-corrected chi connectivity index (χ3v) is 4.97. The average Bonchev–Trinajstić information content (AvgIpc) is 2.49. The van der Waals surface area contributed by atoms with Gasteiger partial charge in [-0.3, -0.25) is 4.79 Å². The number of hydrogen-bond donors (Lipinski definition) is 4. The van der Waals surface area contributed by atoms with Gasteiger partial charge in [0.05, 0.1) is 11.7 Å². The van der Waals surface area contributed by atoms with Crippen LogP contribution in [0.15, 0.2) is 6.20 Å². The van der Waals surface area contributed by atoms with E-state index in [1.165, 1.54) is 6.20 Å². The molecule has 1 aromatic rings. The van der Waals surface area contributed by atoms with Crippen LogP contribution in [0.2, 0.25) is 0 Å². The van der Waals surface area contributed by atoms with Crippen LogP contribution in [-0.4, -0.2) is 45.1 Å². The van der Waals surface area contributed by atoms with E-state index in [-0.39, 0.29) is 48.2 Å². The average molecular weight is 355 g/mol. The lowest BCUT2D eigenvalue weighted by Crippen LogP contribution is -2.44. The van der Waals surface area contributed by atoms with Crippen LogP contribution in [0, 0.1) is 5.92 Å². The van der Waals surface area contributed by atoms with E-state index in [9.17, 15) is 18.7 Å². The highest BCUT2D eigenvalue weighted by molar-refractivity contribution is 5.97. The van der Waals surface area contributed by atoms with E-state index >= 15 is 0 Å². The highest BCUT2D eigenvalue weighted by Crippen LogP contribution is 2.38. The van der Waals surface area contributed by atoms with E-state index in [2.05, 4.69) is 20.6 Å². The molecule has 7 nitrogen and oxygen atoms in total. The summed E-state index contributed by atoms with van der Waals surface area (Å²) in [6.45, 7) is 2.00. The molecule has 1 aromatic heterocycles. The number of hydrogen-bond acceptors (Lipinski definition) is 6. The lowest BCUT2D eigenvalue weighted by molar-refractivity contribution is -0.0794. The molecule has 3 rings (SSSR count). The minimum atomic E-state index is -2.64. The number of aliphatic hydroxyl groups is 1. The number of nitrogens with one attached hydrogen (secondary N) is 2. The van der Waals surface area contributed by atoms with Gasteiger partial charge in [-0.15, -0.1) is 0 Å². The maximum absolute atomic E-state index is 12.9. The van der Waals surface area contributed by atoms with E-state index in [0.29, 0.717) is 6.42 Å². The van der Waals surface area contributed by atoms with Gasteiger partial charge in [-0.2, -0.15) is 4.98 Å². The van der Waals surface area contributed by atoms with Gasteiger partial charge in [-0.25, -0.2) is 13.8 Å². The van der Waals surface area contributed by atoms with Crippen molar-refractivity contribution in [2.45, 2.75) is 63.1 Å². The quantitative estimate of drug-likeness (QED) is 0.640. The van der Waals surface area contributed by atoms with Crippen LogP contribution in [-0.2, 0) is 0 Å². The highest BCUT2D eigenvalue weighted by atomic mass is 19.3. The molecular weight excluding hydrogens is 332 g/mol. The van der Waals surface area contributed by atoms with E-state index < -0.39 is 17.9 Å². The van der Waals surface area contributed by atoms with Gasteiger partial charge >= 0.3 is 0 Å². The first-order chi connectivity index (χ1) is 11.7. The van der Waals surface area contributed by atoms with E-state index in [0.717, 1.165) is 12.8 Å². The molecule has 5 N–H and O–H groups in total. The minimum absolute atomic E-state index is 0.0416. The van der Waals surface area contributed by atoms with E-state index in [1.807, 2.05) is 6.92 Å². The Morgan fingerprint density at radius 1 is 1.32 bits per heavy atom. The number of carbonyl (C=O) groups is 1. The van der Waals surface area contributed by atoms with Crippen LogP contribution in [0.4, 0.5) is 20.5 Å².